The first-order chi connectivity index (χ1) is 8.40. The molecular formula is C13H23N3S. The molecule has 0 unspecified atom stereocenters. The summed E-state index contributed by atoms with van der Waals surface area (Å²) in [5.41, 5.74) is 0. The molecule has 1 heterocycles. The number of aromatic nitrogens is 2. The number of nitrogens with one attached hydrogen (secondary N) is 1. The molecular weight excluding hydrogens is 230 g/mol. The molecule has 0 saturated heterocycles. The van der Waals surface area contributed by atoms with Crippen molar-refractivity contribution in [3.63, 3.8) is 0 Å². The van der Waals surface area contributed by atoms with Crippen LogP contribution < -0.4 is 5.32 Å². The van der Waals surface area contributed by atoms with Crippen molar-refractivity contribution >= 4 is 11.8 Å². The van der Waals surface area contributed by atoms with Crippen LogP contribution in [0.5, 0.6) is 0 Å². The number of hydrogen-bond donors (Lipinski definition) is 1. The van der Waals surface area contributed by atoms with Crippen molar-refractivity contribution in [1.29, 1.82) is 0 Å². The Morgan fingerprint density at radius 3 is 3.18 bits per heavy atom. The lowest BCUT2D eigenvalue weighted by molar-refractivity contribution is 0.501. The highest BCUT2D eigenvalue weighted by atomic mass is 32.2. The highest BCUT2D eigenvalue weighted by Crippen LogP contribution is 2.29. The lowest BCUT2D eigenvalue weighted by Gasteiger charge is -2.20. The number of nitrogens with zero attached hydrogens (tertiary/aromatic N) is 2. The highest BCUT2D eigenvalue weighted by Gasteiger charge is 2.26. The maximum atomic E-state index is 4.05. The largest absolute Gasteiger partial charge is 0.337 e. The molecule has 1 aromatic rings. The van der Waals surface area contributed by atoms with Crippen molar-refractivity contribution in [2.75, 3.05) is 12.3 Å². The molecule has 0 spiro atoms. The number of aryl methyl sites for hydroxylation is 1. The summed E-state index contributed by atoms with van der Waals surface area (Å²) in [5.74, 6) is 1.25. The van der Waals surface area contributed by atoms with Crippen LogP contribution in [0.4, 0.5) is 0 Å². The van der Waals surface area contributed by atoms with E-state index in [0.717, 1.165) is 24.4 Å². The quantitative estimate of drug-likeness (QED) is 0.757. The second-order valence-electron chi connectivity index (χ2n) is 4.64. The van der Waals surface area contributed by atoms with Gasteiger partial charge in [0.15, 0.2) is 0 Å². The van der Waals surface area contributed by atoms with E-state index in [0.29, 0.717) is 0 Å². The summed E-state index contributed by atoms with van der Waals surface area (Å²) < 4.78 is 2.15. The van der Waals surface area contributed by atoms with Gasteiger partial charge >= 0.3 is 0 Å². The summed E-state index contributed by atoms with van der Waals surface area (Å²) in [4.78, 5) is 4.05. The summed E-state index contributed by atoms with van der Waals surface area (Å²) in [5, 5.41) is 4.58. The van der Waals surface area contributed by atoms with E-state index >= 15 is 0 Å². The van der Waals surface area contributed by atoms with Crippen LogP contribution in [0.1, 0.15) is 32.6 Å². The Morgan fingerprint density at radius 1 is 1.47 bits per heavy atom. The van der Waals surface area contributed by atoms with Crippen LogP contribution in [0.25, 0.3) is 0 Å². The first kappa shape index (κ1) is 13.0. The van der Waals surface area contributed by atoms with Gasteiger partial charge in [0.2, 0.25) is 0 Å². The Labute approximate surface area is 108 Å². The van der Waals surface area contributed by atoms with Crippen molar-refractivity contribution in [1.82, 2.24) is 14.9 Å². The zero-order chi connectivity index (χ0) is 11.9. The van der Waals surface area contributed by atoms with Crippen LogP contribution in [0, 0.1) is 0 Å². The zero-order valence-corrected chi connectivity index (χ0v) is 11.5. The number of rotatable bonds is 7. The van der Waals surface area contributed by atoms with Crippen molar-refractivity contribution < 1.29 is 0 Å². The van der Waals surface area contributed by atoms with E-state index in [-0.39, 0.29) is 0 Å². The van der Waals surface area contributed by atoms with Crippen LogP contribution >= 0.6 is 11.8 Å². The predicted molar refractivity (Wildman–Crippen MR) is 74.4 cm³/mol. The molecule has 0 aromatic carbocycles. The minimum absolute atomic E-state index is 0.753. The summed E-state index contributed by atoms with van der Waals surface area (Å²) >= 11 is 2.13. The maximum absolute atomic E-state index is 4.05. The van der Waals surface area contributed by atoms with Crippen molar-refractivity contribution in [2.45, 2.75) is 50.4 Å². The first-order valence-corrected chi connectivity index (χ1v) is 7.75. The van der Waals surface area contributed by atoms with Crippen molar-refractivity contribution in [3.05, 3.63) is 18.7 Å². The monoisotopic (exact) mass is 253 g/mol. The van der Waals surface area contributed by atoms with Crippen molar-refractivity contribution in [3.8, 4) is 0 Å². The average molecular weight is 253 g/mol. The molecule has 2 rings (SSSR count). The third-order valence-electron chi connectivity index (χ3n) is 3.39. The Balaban J connectivity index is 1.61. The molecule has 3 nitrogen and oxygen atoms in total. The number of thioether (sulfide) groups is 1. The minimum Gasteiger partial charge on any atom is -0.337 e. The third kappa shape index (κ3) is 4.03. The van der Waals surface area contributed by atoms with Crippen LogP contribution in [-0.4, -0.2) is 33.1 Å². The second-order valence-corrected chi connectivity index (χ2v) is 6.16. The number of hydrogen-bond acceptors (Lipinski definition) is 3. The molecule has 1 aliphatic rings. The standard InChI is InChI=1S/C13H23N3S/c1-2-17-13-6-3-5-12(13)15-7-4-9-16-10-8-14-11-16/h8,10-13,15H,2-7,9H2,1H3/t12-,13-/m1/s1. The fourth-order valence-electron chi connectivity index (χ4n) is 2.54. The molecule has 4 heteroatoms. The van der Waals surface area contributed by atoms with Crippen LogP contribution in [0.15, 0.2) is 18.7 Å². The molecule has 0 bridgehead atoms. The van der Waals surface area contributed by atoms with Crippen LogP contribution in [-0.2, 0) is 6.54 Å². The summed E-state index contributed by atoms with van der Waals surface area (Å²) in [6.07, 6.45) is 11.1. The van der Waals surface area contributed by atoms with Gasteiger partial charge in [-0.1, -0.05) is 13.3 Å². The van der Waals surface area contributed by atoms with Gasteiger partial charge in [-0.25, -0.2) is 4.98 Å². The first-order valence-electron chi connectivity index (χ1n) is 6.71. The smallest absolute Gasteiger partial charge is 0.0945 e. The molecule has 1 aromatic heterocycles. The van der Waals surface area contributed by atoms with Gasteiger partial charge in [-0.05, 0) is 31.6 Å². The Bertz CT molecular complexity index is 300. The van der Waals surface area contributed by atoms with Gasteiger partial charge in [0.1, 0.15) is 0 Å². The minimum atomic E-state index is 0.753. The Morgan fingerprint density at radius 2 is 2.41 bits per heavy atom. The number of imidazole rings is 1. The molecule has 0 amide bonds. The molecule has 2 atom stereocenters. The van der Waals surface area contributed by atoms with E-state index in [4.69, 9.17) is 0 Å². The molecule has 17 heavy (non-hydrogen) atoms. The molecule has 96 valence electrons. The Kier molecular flexibility index (Phi) is 5.39. The van der Waals surface area contributed by atoms with Crippen LogP contribution in [0.3, 0.4) is 0 Å². The normalized spacial score (nSPS) is 24.3. The van der Waals surface area contributed by atoms with Gasteiger partial charge in [-0.2, -0.15) is 11.8 Å². The molecule has 1 aliphatic carbocycles. The molecule has 0 aliphatic heterocycles. The molecule has 1 fully saturated rings. The second kappa shape index (κ2) is 7.07. The fraction of sp³-hybridized carbons (Fsp3) is 0.769. The summed E-state index contributed by atoms with van der Waals surface area (Å²) in [6.45, 7) is 4.47. The lowest BCUT2D eigenvalue weighted by atomic mass is 10.2. The van der Waals surface area contributed by atoms with E-state index in [1.165, 1.54) is 31.4 Å². The van der Waals surface area contributed by atoms with Crippen LogP contribution in [0.2, 0.25) is 0 Å². The molecule has 1 N–H and O–H groups in total. The third-order valence-corrected chi connectivity index (χ3v) is 4.72. The SMILES string of the molecule is CCS[C@@H]1CCC[C@H]1NCCCn1ccnc1. The summed E-state index contributed by atoms with van der Waals surface area (Å²) in [6, 6.07) is 0.753. The average Bonchev–Trinajstić information content (AvgIpc) is 2.96. The summed E-state index contributed by atoms with van der Waals surface area (Å²) in [7, 11) is 0. The van der Waals surface area contributed by atoms with E-state index < -0.39 is 0 Å². The van der Waals surface area contributed by atoms with Gasteiger partial charge in [-0.15, -0.1) is 0 Å². The van der Waals surface area contributed by atoms with Gasteiger partial charge in [-0.3, -0.25) is 0 Å². The van der Waals surface area contributed by atoms with E-state index in [1.807, 2.05) is 18.7 Å². The van der Waals surface area contributed by atoms with Gasteiger partial charge < -0.3 is 9.88 Å². The molecule has 0 radical (unpaired) electrons. The molecule has 1 saturated carbocycles. The van der Waals surface area contributed by atoms with E-state index in [9.17, 15) is 0 Å². The van der Waals surface area contributed by atoms with Gasteiger partial charge in [0, 0.05) is 30.2 Å². The fourth-order valence-corrected chi connectivity index (χ4v) is 3.77. The van der Waals surface area contributed by atoms with Gasteiger partial charge in [0.05, 0.1) is 6.33 Å². The van der Waals surface area contributed by atoms with E-state index in [1.54, 1.807) is 0 Å². The Hall–Kier alpha value is -0.480. The topological polar surface area (TPSA) is 29.9 Å². The maximum Gasteiger partial charge on any atom is 0.0945 e. The van der Waals surface area contributed by atoms with E-state index in [2.05, 4.69) is 33.6 Å². The van der Waals surface area contributed by atoms with Crippen molar-refractivity contribution in [2.24, 2.45) is 0 Å². The van der Waals surface area contributed by atoms with Gasteiger partial charge in [0.25, 0.3) is 0 Å². The highest BCUT2D eigenvalue weighted by molar-refractivity contribution is 7.99. The predicted octanol–water partition coefficient (Wildman–Crippen LogP) is 2.54. The lowest BCUT2D eigenvalue weighted by Crippen LogP contribution is -2.35. The zero-order valence-electron chi connectivity index (χ0n) is 10.6.